The number of Topliss-reactive ketones (excluding diaryl/α,β-unsaturated/α-hetero) is 1. The van der Waals surface area contributed by atoms with E-state index in [4.69, 9.17) is 9.47 Å². The Hall–Kier alpha value is -4.69. The summed E-state index contributed by atoms with van der Waals surface area (Å²) in [6, 6.07) is 13.5. The molecule has 0 amide bonds. The number of nitrogens with zero attached hydrogens (tertiary/aromatic N) is 1. The largest absolute Gasteiger partial charge is 0.417 e. The number of nitrogens with one attached hydrogen (secondary N) is 2. The van der Waals surface area contributed by atoms with Crippen molar-refractivity contribution in [3.63, 3.8) is 0 Å². The fourth-order valence-corrected chi connectivity index (χ4v) is 8.17. The van der Waals surface area contributed by atoms with Crippen molar-refractivity contribution in [1.82, 2.24) is 9.97 Å². The first-order valence-corrected chi connectivity index (χ1v) is 18.4. The quantitative estimate of drug-likeness (QED) is 0.0975. The molecule has 0 saturated carbocycles. The van der Waals surface area contributed by atoms with Gasteiger partial charge in [-0.2, -0.15) is 26.3 Å². The molecule has 7 nitrogen and oxygen atoms in total. The van der Waals surface area contributed by atoms with Crippen molar-refractivity contribution in [1.29, 1.82) is 0 Å². The minimum atomic E-state index is -4.83. The molecular formula is C41H40F7N3O4. The number of ketones is 1. The molecule has 1 aliphatic carbocycles. The van der Waals surface area contributed by atoms with E-state index in [0.717, 1.165) is 40.6 Å². The van der Waals surface area contributed by atoms with Gasteiger partial charge in [0, 0.05) is 63.9 Å². The van der Waals surface area contributed by atoms with Crippen molar-refractivity contribution < 1.29 is 45.0 Å². The van der Waals surface area contributed by atoms with Crippen LogP contribution in [0.25, 0.3) is 33.1 Å². The molecular weight excluding hydrogens is 731 g/mol. The number of hydrogen-bond donors (Lipinski definition) is 2. The smallest absolute Gasteiger partial charge is 0.379 e. The molecule has 14 heteroatoms. The SMILES string of the molecule is C[C@H]1CCC(C(OCCOCCCCc2ccc(-c3[nH]c4cc(F)cc5c4c3CCCC5=O)cc2)C(F)(F)F)N1c1ccc2[nH]c(=O)cc(C(F)(F)F)c2c1. The van der Waals surface area contributed by atoms with Gasteiger partial charge in [-0.3, -0.25) is 9.59 Å². The monoisotopic (exact) mass is 771 g/mol. The predicted molar refractivity (Wildman–Crippen MR) is 195 cm³/mol. The maximum Gasteiger partial charge on any atom is 0.417 e. The number of alkyl halides is 6. The molecule has 2 aromatic heterocycles. The van der Waals surface area contributed by atoms with Crippen LogP contribution in [-0.4, -0.2) is 59.9 Å². The third-order valence-electron chi connectivity index (χ3n) is 10.7. The Labute approximate surface area is 311 Å². The van der Waals surface area contributed by atoms with E-state index >= 15 is 0 Å². The number of H-pyrrole nitrogens is 2. The van der Waals surface area contributed by atoms with Crippen LogP contribution in [0, 0.1) is 5.82 Å². The number of ether oxygens (including phenoxy) is 2. The van der Waals surface area contributed by atoms with Crippen molar-refractivity contribution in [2.75, 3.05) is 24.7 Å². The minimum absolute atomic E-state index is 0.0492. The van der Waals surface area contributed by atoms with Crippen LogP contribution in [0.5, 0.6) is 0 Å². The predicted octanol–water partition coefficient (Wildman–Crippen LogP) is 9.70. The maximum atomic E-state index is 14.4. The number of hydrogen-bond acceptors (Lipinski definition) is 5. The van der Waals surface area contributed by atoms with Crippen LogP contribution in [0.2, 0.25) is 0 Å². The first kappa shape index (κ1) is 38.6. The zero-order chi connectivity index (χ0) is 39.1. The van der Waals surface area contributed by atoms with E-state index in [2.05, 4.69) is 9.97 Å². The fraction of sp³-hybridized carbons (Fsp3) is 0.415. The van der Waals surface area contributed by atoms with Crippen molar-refractivity contribution in [3.05, 3.63) is 99.1 Å². The van der Waals surface area contributed by atoms with Crippen molar-refractivity contribution >= 4 is 33.3 Å². The second kappa shape index (κ2) is 15.4. The number of aromatic amines is 2. The number of unbranched alkanes of at least 4 members (excludes halogenated alkanes) is 1. The Bertz CT molecular complexity index is 2240. The van der Waals surface area contributed by atoms with Crippen molar-refractivity contribution in [3.8, 4) is 11.3 Å². The van der Waals surface area contributed by atoms with E-state index < -0.39 is 47.5 Å². The van der Waals surface area contributed by atoms with Crippen LogP contribution in [0.3, 0.4) is 0 Å². The summed E-state index contributed by atoms with van der Waals surface area (Å²) in [6.45, 7) is 1.66. The van der Waals surface area contributed by atoms with Gasteiger partial charge >= 0.3 is 12.4 Å². The number of aryl methyl sites for hydroxylation is 2. The highest BCUT2D eigenvalue weighted by Crippen LogP contribution is 2.41. The molecule has 1 fully saturated rings. The van der Waals surface area contributed by atoms with Crippen LogP contribution in [0.1, 0.15) is 72.5 Å². The summed E-state index contributed by atoms with van der Waals surface area (Å²) < 4.78 is 110. The lowest BCUT2D eigenvalue weighted by molar-refractivity contribution is -0.228. The summed E-state index contributed by atoms with van der Waals surface area (Å²) in [5.74, 6) is -0.498. The highest BCUT2D eigenvalue weighted by atomic mass is 19.4. The number of anilines is 1. The van der Waals surface area contributed by atoms with Crippen molar-refractivity contribution in [2.45, 2.75) is 88.8 Å². The average Bonchev–Trinajstić information content (AvgIpc) is 3.63. The van der Waals surface area contributed by atoms with Gasteiger partial charge < -0.3 is 24.3 Å². The molecule has 2 aliphatic rings. The summed E-state index contributed by atoms with van der Waals surface area (Å²) in [5.41, 5.74) is 3.00. The average molecular weight is 772 g/mol. The molecule has 0 radical (unpaired) electrons. The summed E-state index contributed by atoms with van der Waals surface area (Å²) in [7, 11) is 0. The molecule has 3 aromatic carbocycles. The molecule has 7 rings (SSSR count). The number of benzene rings is 3. The topological polar surface area (TPSA) is 87.4 Å². The van der Waals surface area contributed by atoms with E-state index in [1.54, 1.807) is 6.92 Å². The summed E-state index contributed by atoms with van der Waals surface area (Å²) in [6.07, 6.45) is -7.29. The third kappa shape index (κ3) is 8.16. The lowest BCUT2D eigenvalue weighted by Crippen LogP contribution is -2.50. The molecule has 292 valence electrons. The molecule has 2 N–H and O–H groups in total. The van der Waals surface area contributed by atoms with Crippen LogP contribution < -0.4 is 10.5 Å². The lowest BCUT2D eigenvalue weighted by Gasteiger charge is -2.36. The number of halogens is 7. The lowest BCUT2D eigenvalue weighted by atomic mass is 9.99. The normalized spacial score (nSPS) is 18.4. The van der Waals surface area contributed by atoms with E-state index in [0.29, 0.717) is 55.9 Å². The Morgan fingerprint density at radius 3 is 2.38 bits per heavy atom. The van der Waals surface area contributed by atoms with Gasteiger partial charge in [0.2, 0.25) is 5.56 Å². The highest BCUT2D eigenvalue weighted by molar-refractivity contribution is 6.11. The molecule has 2 unspecified atom stereocenters. The molecule has 5 aromatic rings. The first-order chi connectivity index (χ1) is 26.2. The third-order valence-corrected chi connectivity index (χ3v) is 10.7. The number of pyridine rings is 1. The van der Waals surface area contributed by atoms with Gasteiger partial charge in [0.25, 0.3) is 0 Å². The summed E-state index contributed by atoms with van der Waals surface area (Å²) in [5, 5.41) is 0.490. The zero-order valence-electron chi connectivity index (χ0n) is 30.0. The zero-order valence-corrected chi connectivity index (χ0v) is 30.0. The standard InChI is InChI=1S/C41H40F7N3O4/c1-23-8-15-34(51(23)27-13-14-32-29(21-27)31(40(43,44)45)22-36(53)49-32)39(41(46,47)48)55-18-17-54-16-3-2-5-24-9-11-25(12-10-24)38-28-6-4-7-35(52)30-19-26(42)20-33(50-38)37(28)30/h9-14,19-23,34,39,50H,2-8,15-18H2,1H3,(H,49,53)/t23-,34?,39?/m0/s1. The van der Waals surface area contributed by atoms with Crippen LogP contribution >= 0.6 is 0 Å². The maximum absolute atomic E-state index is 14.4. The Morgan fingerprint density at radius 1 is 0.855 bits per heavy atom. The van der Waals surface area contributed by atoms with E-state index in [1.165, 1.54) is 35.2 Å². The van der Waals surface area contributed by atoms with Gasteiger partial charge in [-0.25, -0.2) is 4.39 Å². The summed E-state index contributed by atoms with van der Waals surface area (Å²) >= 11 is 0. The van der Waals surface area contributed by atoms with E-state index in [-0.39, 0.29) is 42.0 Å². The number of aromatic nitrogens is 2. The summed E-state index contributed by atoms with van der Waals surface area (Å²) in [4.78, 5) is 31.6. The molecule has 55 heavy (non-hydrogen) atoms. The Kier molecular flexibility index (Phi) is 10.8. The Morgan fingerprint density at radius 2 is 1.64 bits per heavy atom. The van der Waals surface area contributed by atoms with E-state index in [9.17, 15) is 40.3 Å². The second-order valence-electron chi connectivity index (χ2n) is 14.4. The van der Waals surface area contributed by atoms with Crippen LogP contribution in [0.15, 0.2) is 65.5 Å². The molecule has 0 spiro atoms. The van der Waals surface area contributed by atoms with Gasteiger partial charge in [0.1, 0.15) is 5.82 Å². The van der Waals surface area contributed by atoms with Gasteiger partial charge in [0.15, 0.2) is 11.9 Å². The molecule has 3 atom stereocenters. The number of rotatable bonds is 12. The number of carbonyl (C=O) groups is 1. The van der Waals surface area contributed by atoms with E-state index in [1.807, 2.05) is 24.3 Å². The molecule has 1 saturated heterocycles. The minimum Gasteiger partial charge on any atom is -0.379 e. The second-order valence-corrected chi connectivity index (χ2v) is 14.4. The fourth-order valence-electron chi connectivity index (χ4n) is 8.17. The van der Waals surface area contributed by atoms with Gasteiger partial charge in [-0.05, 0) is 98.9 Å². The molecule has 3 heterocycles. The molecule has 1 aliphatic heterocycles. The number of fused-ring (bicyclic) bond motifs is 1. The van der Waals surface area contributed by atoms with Gasteiger partial charge in [-0.1, -0.05) is 24.3 Å². The van der Waals surface area contributed by atoms with Gasteiger partial charge in [-0.15, -0.1) is 0 Å². The van der Waals surface area contributed by atoms with Gasteiger partial charge in [0.05, 0.1) is 24.8 Å². The molecule has 0 bridgehead atoms. The first-order valence-electron chi connectivity index (χ1n) is 18.4. The highest BCUT2D eigenvalue weighted by Gasteiger charge is 2.50. The van der Waals surface area contributed by atoms with Crippen LogP contribution in [0.4, 0.5) is 36.4 Å². The Balaban J connectivity index is 0.916. The van der Waals surface area contributed by atoms with Crippen LogP contribution in [-0.2, 0) is 28.5 Å². The van der Waals surface area contributed by atoms with Crippen molar-refractivity contribution in [2.24, 2.45) is 0 Å². The number of carbonyl (C=O) groups excluding carboxylic acids is 1.